The van der Waals surface area contributed by atoms with Crippen LogP contribution in [0.3, 0.4) is 0 Å². The number of carbonyl (C=O) groups excluding carboxylic acids is 2. The molecule has 21 heteroatoms. The number of hydrogen-bond donors (Lipinski definition) is 4. The molecule has 8 aromatic carbocycles. The van der Waals surface area contributed by atoms with Crippen molar-refractivity contribution in [2.75, 3.05) is 40.6 Å². The molecule has 2 aliphatic heterocycles. The SMILES string of the molecule is CCC(CC)(CC(COP(=O)(OC)OC1CC(N2CC(C)C(=O)NC2=O)OC1COP(=O)(OC)OC(CC)(CC)CC(CO)Cc1ccc2ccc3cccc4ccc1c2c34)Cc1ccc2ccc3cccc4ccc1c2c34)OP(=O)(O)O. The molecule has 444 valence electrons. The summed E-state index contributed by atoms with van der Waals surface area (Å²) in [6.45, 7) is 8.04. The van der Waals surface area contributed by atoms with Crippen molar-refractivity contribution < 1.29 is 74.6 Å². The van der Waals surface area contributed by atoms with Gasteiger partial charge in [0, 0.05) is 33.8 Å². The van der Waals surface area contributed by atoms with Crippen LogP contribution in [0.2, 0.25) is 0 Å². The van der Waals surface area contributed by atoms with Crippen LogP contribution in [0.4, 0.5) is 4.79 Å². The maximum Gasteiger partial charge on any atom is 0.475 e. The summed E-state index contributed by atoms with van der Waals surface area (Å²) in [5.74, 6) is -1.99. The lowest BCUT2D eigenvalue weighted by atomic mass is 9.82. The Morgan fingerprint density at radius 1 is 0.639 bits per heavy atom. The second-order valence-electron chi connectivity index (χ2n) is 22.6. The number of hydrogen-bond acceptors (Lipinski definition) is 14. The van der Waals surface area contributed by atoms with E-state index in [1.807, 2.05) is 32.0 Å². The maximum atomic E-state index is 15.0. The van der Waals surface area contributed by atoms with E-state index in [9.17, 15) is 33.6 Å². The van der Waals surface area contributed by atoms with Gasteiger partial charge in [0.2, 0.25) is 5.91 Å². The lowest BCUT2D eigenvalue weighted by Crippen LogP contribution is -2.57. The molecule has 10 rings (SSSR count). The predicted molar refractivity (Wildman–Crippen MR) is 321 cm³/mol. The predicted octanol–water partition coefficient (Wildman–Crippen LogP) is 13.7. The first kappa shape index (κ1) is 61.1. The van der Waals surface area contributed by atoms with E-state index in [0.717, 1.165) is 77.5 Å². The van der Waals surface area contributed by atoms with Crippen molar-refractivity contribution in [3.8, 4) is 0 Å². The number of rotatable bonds is 28. The van der Waals surface area contributed by atoms with E-state index in [1.54, 1.807) is 20.8 Å². The van der Waals surface area contributed by atoms with Gasteiger partial charge in [-0.05, 0) is 139 Å². The highest BCUT2D eigenvalue weighted by atomic mass is 31.2. The van der Waals surface area contributed by atoms with Gasteiger partial charge in [0.05, 0.1) is 30.3 Å². The molecule has 83 heavy (non-hydrogen) atoms. The fourth-order valence-corrected chi connectivity index (χ4v) is 16.3. The average Bonchev–Trinajstić information content (AvgIpc) is 3.94. The summed E-state index contributed by atoms with van der Waals surface area (Å²) >= 11 is 0. The Bertz CT molecular complexity index is 3740. The van der Waals surface area contributed by atoms with Crippen LogP contribution in [0.15, 0.2) is 109 Å². The Kier molecular flexibility index (Phi) is 18.3. The molecule has 8 atom stereocenters. The summed E-state index contributed by atoms with van der Waals surface area (Å²) in [4.78, 5) is 47.6. The van der Waals surface area contributed by atoms with Crippen molar-refractivity contribution in [3.05, 3.63) is 120 Å². The number of ether oxygens (including phenoxy) is 1. The van der Waals surface area contributed by atoms with Crippen LogP contribution in [0.25, 0.3) is 64.6 Å². The Hall–Kier alpha value is -4.97. The molecule has 0 aliphatic carbocycles. The number of phosphoric acid groups is 3. The molecular weight excluding hydrogens is 1120 g/mol. The zero-order chi connectivity index (χ0) is 59.1. The third-order valence-electron chi connectivity index (χ3n) is 17.5. The molecule has 4 N–H and O–H groups in total. The summed E-state index contributed by atoms with van der Waals surface area (Å²) in [5, 5.41) is 26.6. The first-order chi connectivity index (χ1) is 39.7. The molecule has 8 aromatic rings. The van der Waals surface area contributed by atoms with Crippen LogP contribution in [-0.2, 0) is 67.7 Å². The zero-order valence-electron chi connectivity index (χ0n) is 48.0. The summed E-state index contributed by atoms with van der Waals surface area (Å²) < 4.78 is 90.9. The average molecular weight is 1200 g/mol. The molecule has 2 saturated heterocycles. The van der Waals surface area contributed by atoms with Gasteiger partial charge in [0.1, 0.15) is 18.4 Å². The quantitative estimate of drug-likeness (QED) is 0.0264. The number of phosphoric ester groups is 3. The molecule has 0 bridgehead atoms. The van der Waals surface area contributed by atoms with Crippen LogP contribution in [0.5, 0.6) is 0 Å². The molecule has 2 aliphatic rings. The lowest BCUT2D eigenvalue weighted by Gasteiger charge is -2.37. The lowest BCUT2D eigenvalue weighted by molar-refractivity contribution is -0.128. The second-order valence-corrected chi connectivity index (χ2v) is 27.1. The number of carbonyl (C=O) groups is 2. The van der Waals surface area contributed by atoms with Gasteiger partial charge in [-0.1, -0.05) is 144 Å². The minimum Gasteiger partial charge on any atom is -0.396 e. The first-order valence-corrected chi connectivity index (χ1v) is 33.1. The van der Waals surface area contributed by atoms with E-state index >= 15 is 4.57 Å². The number of benzene rings is 8. The van der Waals surface area contributed by atoms with E-state index in [-0.39, 0.29) is 51.4 Å². The van der Waals surface area contributed by atoms with Crippen molar-refractivity contribution >= 4 is 100 Å². The van der Waals surface area contributed by atoms with Crippen molar-refractivity contribution in [1.82, 2.24) is 10.2 Å². The van der Waals surface area contributed by atoms with Gasteiger partial charge in [-0.3, -0.25) is 46.7 Å². The number of urea groups is 1. The third-order valence-corrected chi connectivity index (χ3v) is 21.1. The highest BCUT2D eigenvalue weighted by Gasteiger charge is 2.49. The van der Waals surface area contributed by atoms with Crippen molar-refractivity contribution in [1.29, 1.82) is 0 Å². The van der Waals surface area contributed by atoms with Gasteiger partial charge in [-0.2, -0.15) is 0 Å². The summed E-state index contributed by atoms with van der Waals surface area (Å²) in [6, 6.07) is 36.8. The molecule has 0 spiro atoms. The Labute approximate surface area is 483 Å². The third kappa shape index (κ3) is 12.8. The van der Waals surface area contributed by atoms with Crippen LogP contribution >= 0.6 is 23.5 Å². The minimum atomic E-state index is -5.00. The van der Waals surface area contributed by atoms with E-state index in [0.29, 0.717) is 32.1 Å². The molecule has 8 unspecified atom stereocenters. The van der Waals surface area contributed by atoms with Crippen LogP contribution in [-0.4, -0.2) is 102 Å². The zero-order valence-corrected chi connectivity index (χ0v) is 50.7. The molecule has 2 heterocycles. The monoisotopic (exact) mass is 1200 g/mol. The fraction of sp³-hybridized carbons (Fsp3) is 0.452. The van der Waals surface area contributed by atoms with Gasteiger partial charge in [-0.25, -0.2) is 18.5 Å². The molecule has 0 radical (unpaired) electrons. The van der Waals surface area contributed by atoms with Crippen LogP contribution in [0.1, 0.15) is 90.7 Å². The Morgan fingerprint density at radius 2 is 1.11 bits per heavy atom. The van der Waals surface area contributed by atoms with E-state index in [1.165, 1.54) is 17.4 Å². The normalized spacial score (nSPS) is 20.8. The second kappa shape index (κ2) is 24.8. The largest absolute Gasteiger partial charge is 0.475 e. The molecular formula is C62H75N2O16P3. The number of nitrogens with zero attached hydrogens (tertiary/aromatic N) is 1. The van der Waals surface area contributed by atoms with E-state index in [2.05, 4.69) is 96.3 Å². The molecule has 2 fully saturated rings. The number of aliphatic hydroxyl groups excluding tert-OH is 1. The standard InChI is InChI=1S/C62H75N2O16P3/c1-8-61(9-2,79-81(68,69)70)34-41(31-49-25-23-47-21-19-43-15-13-17-45-27-29-51(49)58(47)56(43)45)37-75-82(71,73-6)78-52-32-54(64-35-39(5)59(66)63-60(64)67)77-53(52)38-76-83(72,74-7)80-62(10-3,11-4)33-40(36-65)30-48-24-22-46-20-18-42-14-12-16-44-26-28-50(48)57(46)55(42)44/h12-29,39-41,52-54,65H,8-11,30-38H2,1-7H3,(H,63,66,67)(H2,68,69,70). The molecule has 18 nitrogen and oxygen atoms in total. The topological polar surface area (TPSA) is 235 Å². The number of aliphatic hydroxyl groups is 1. The van der Waals surface area contributed by atoms with Crippen molar-refractivity contribution in [2.45, 2.75) is 122 Å². The number of imide groups is 1. The minimum absolute atomic E-state index is 0.0120. The van der Waals surface area contributed by atoms with Gasteiger partial charge in [-0.15, -0.1) is 0 Å². The van der Waals surface area contributed by atoms with Crippen molar-refractivity contribution in [2.24, 2.45) is 17.8 Å². The first-order valence-electron chi connectivity index (χ1n) is 28.6. The smallest absolute Gasteiger partial charge is 0.396 e. The Balaban J connectivity index is 0.896. The van der Waals surface area contributed by atoms with Crippen molar-refractivity contribution in [3.63, 3.8) is 0 Å². The van der Waals surface area contributed by atoms with Gasteiger partial charge < -0.3 is 19.6 Å². The summed E-state index contributed by atoms with van der Waals surface area (Å²) in [5.41, 5.74) is -0.445. The number of nitrogens with one attached hydrogen (secondary N) is 1. The summed E-state index contributed by atoms with van der Waals surface area (Å²) in [6.07, 6.45) is -1.23. The fourth-order valence-electron chi connectivity index (χ4n) is 12.8. The van der Waals surface area contributed by atoms with Gasteiger partial charge >= 0.3 is 29.5 Å². The summed E-state index contributed by atoms with van der Waals surface area (Å²) in [7, 11) is -11.7. The van der Waals surface area contributed by atoms with E-state index in [4.69, 9.17) is 36.4 Å². The highest BCUT2D eigenvalue weighted by molar-refractivity contribution is 7.48. The molecule has 0 aromatic heterocycles. The van der Waals surface area contributed by atoms with Gasteiger partial charge in [0.15, 0.2) is 0 Å². The van der Waals surface area contributed by atoms with E-state index < -0.39 is 83.5 Å². The Morgan fingerprint density at radius 3 is 1.60 bits per heavy atom. The number of amides is 3. The highest BCUT2D eigenvalue weighted by Crippen LogP contribution is 2.57. The van der Waals surface area contributed by atoms with Gasteiger partial charge in [0.25, 0.3) is 0 Å². The maximum absolute atomic E-state index is 15.0. The van der Waals surface area contributed by atoms with Crippen LogP contribution < -0.4 is 5.32 Å². The molecule has 3 amide bonds. The molecule has 0 saturated carbocycles. The van der Waals surface area contributed by atoms with Crippen LogP contribution in [0, 0.1) is 17.8 Å².